The zero-order valence-corrected chi connectivity index (χ0v) is 33.4. The molecular weight excluding hydrogens is 731 g/mol. The van der Waals surface area contributed by atoms with Crippen molar-refractivity contribution in [2.45, 2.75) is 77.5 Å². The molecule has 3 N–H and O–H groups in total. The van der Waals surface area contributed by atoms with Crippen molar-refractivity contribution in [1.29, 1.82) is 0 Å². The van der Waals surface area contributed by atoms with Gasteiger partial charge in [-0.25, -0.2) is 4.98 Å². The molecule has 0 saturated carbocycles. The largest absolute Gasteiger partial charge is 0.355 e. The molecule has 3 heterocycles. The average molecular weight is 783 g/mol. The minimum atomic E-state index is -1.03. The number of carbonyl (C=O) groups excluding carboxylic acids is 3. The molecule has 2 unspecified atom stereocenters. The normalized spacial score (nSPS) is 15.8. The van der Waals surface area contributed by atoms with Crippen LogP contribution in [0.4, 0.5) is 5.69 Å². The van der Waals surface area contributed by atoms with Crippen molar-refractivity contribution in [3.05, 3.63) is 125 Å². The van der Waals surface area contributed by atoms with Crippen LogP contribution in [0.25, 0.3) is 33.4 Å². The summed E-state index contributed by atoms with van der Waals surface area (Å²) in [6.07, 6.45) is 12.2. The minimum absolute atomic E-state index is 0.0139. The Balaban J connectivity index is 1.01. The molecule has 3 amide bonds. The number of fused-ring (bicyclic) bond motifs is 1. The number of ether oxygens (including phenoxy) is 1. The van der Waals surface area contributed by atoms with Gasteiger partial charge in [-0.3, -0.25) is 14.4 Å². The number of likely N-dealkylation sites (tertiary alicyclic amines) is 1. The van der Waals surface area contributed by atoms with Crippen molar-refractivity contribution >= 4 is 34.3 Å². The highest BCUT2D eigenvalue weighted by Gasteiger charge is 2.43. The van der Waals surface area contributed by atoms with Gasteiger partial charge in [0.15, 0.2) is 0 Å². The van der Waals surface area contributed by atoms with E-state index in [1.54, 1.807) is 28.1 Å². The molecule has 12 nitrogen and oxygen atoms in total. The summed E-state index contributed by atoms with van der Waals surface area (Å²) in [5, 5.41) is 3.97. The smallest absolute Gasteiger partial charge is 0.306 e. The van der Waals surface area contributed by atoms with E-state index in [9.17, 15) is 19.3 Å². The van der Waals surface area contributed by atoms with Crippen LogP contribution in [0.5, 0.6) is 0 Å². The van der Waals surface area contributed by atoms with Crippen LogP contribution in [0, 0.1) is 4.91 Å². The number of aromatic nitrogens is 3. The SMILES string of the molecule is CCCN(CC(=O)Nc1ccc(-c2cc3cc(-c4cnc(C5CCCN5C(=O)C(c5ccccc5)[N+](=O)COC(C)C)[nH]4)ccc3[nH]2)cc1)C(=O)CC1=CC=CCC1. The lowest BCUT2D eigenvalue weighted by atomic mass is 10.0. The Morgan fingerprint density at radius 2 is 1.79 bits per heavy atom. The molecule has 2 aromatic heterocycles. The number of nitrogens with one attached hydrogen (secondary N) is 3. The van der Waals surface area contributed by atoms with E-state index < -0.39 is 6.04 Å². The summed E-state index contributed by atoms with van der Waals surface area (Å²) in [5.74, 6) is 0.171. The first-order chi connectivity index (χ1) is 28.2. The van der Waals surface area contributed by atoms with Crippen LogP contribution in [0.15, 0.2) is 109 Å². The number of carbonyl (C=O) groups is 3. The van der Waals surface area contributed by atoms with Gasteiger partial charge in [-0.05, 0) is 81.8 Å². The number of nitroso groups, excluding NO2 is 1. The van der Waals surface area contributed by atoms with Gasteiger partial charge in [-0.15, -0.1) is 0 Å². The standard InChI is InChI=1S/C46H51N7O5/c1-4-23-51(43(55)25-32-12-7-5-8-13-32)29-42(54)48-37-20-17-33(18-21-37)39-27-36-26-35(19-22-38(36)49-39)40-28-47-45(50-40)41-16-11-24-52(41)46(56)44(34-14-9-6-10-15-34)53(57)30-58-31(2)3/h5-7,9-10,12,14-15,17-22,26-28,31,41,44,49H,4,8,11,13,16,23-25,29-30H2,1-3H3,(H-,47,48,50,54)/p+1. The van der Waals surface area contributed by atoms with Crippen molar-refractivity contribution in [3.63, 3.8) is 0 Å². The minimum Gasteiger partial charge on any atom is -0.355 e. The molecule has 3 aromatic carbocycles. The van der Waals surface area contributed by atoms with Crippen LogP contribution in [-0.2, 0) is 19.1 Å². The number of allylic oxidation sites excluding steroid dienone is 3. The van der Waals surface area contributed by atoms with E-state index in [0.29, 0.717) is 36.6 Å². The molecule has 12 heteroatoms. The highest BCUT2D eigenvalue weighted by molar-refractivity contribution is 5.95. The number of imidazole rings is 1. The van der Waals surface area contributed by atoms with Gasteiger partial charge in [0, 0.05) is 62.6 Å². The number of anilines is 1. The Morgan fingerprint density at radius 3 is 2.53 bits per heavy atom. The summed E-state index contributed by atoms with van der Waals surface area (Å²) in [5.41, 5.74) is 7.04. The van der Waals surface area contributed by atoms with E-state index in [-0.39, 0.29) is 43.1 Å². The van der Waals surface area contributed by atoms with Crippen molar-refractivity contribution in [3.8, 4) is 22.5 Å². The molecule has 1 aliphatic heterocycles. The maximum Gasteiger partial charge on any atom is 0.306 e. The molecule has 1 saturated heterocycles. The van der Waals surface area contributed by atoms with Crippen molar-refractivity contribution in [2.24, 2.45) is 0 Å². The molecule has 5 aromatic rings. The fourth-order valence-corrected chi connectivity index (χ4v) is 7.72. The second kappa shape index (κ2) is 18.4. The second-order valence-corrected chi connectivity index (χ2v) is 15.3. The fraction of sp³-hybridized carbons (Fsp3) is 0.348. The maximum atomic E-state index is 14.1. The Hall–Kier alpha value is -6.14. The van der Waals surface area contributed by atoms with Crippen LogP contribution in [0.2, 0.25) is 0 Å². The Morgan fingerprint density at radius 1 is 1.00 bits per heavy atom. The summed E-state index contributed by atoms with van der Waals surface area (Å²) in [6, 6.07) is 23.7. The number of benzene rings is 3. The van der Waals surface area contributed by atoms with E-state index in [1.807, 2.05) is 87.5 Å². The number of aromatic amines is 2. The quantitative estimate of drug-likeness (QED) is 0.0676. The Kier molecular flexibility index (Phi) is 12.7. The van der Waals surface area contributed by atoms with E-state index in [0.717, 1.165) is 75.9 Å². The van der Waals surface area contributed by atoms with Gasteiger partial charge < -0.3 is 29.8 Å². The van der Waals surface area contributed by atoms with E-state index in [1.165, 1.54) is 0 Å². The van der Waals surface area contributed by atoms with E-state index in [4.69, 9.17) is 9.72 Å². The first-order valence-electron chi connectivity index (χ1n) is 20.3. The number of amides is 3. The van der Waals surface area contributed by atoms with Gasteiger partial charge in [0.2, 0.25) is 11.8 Å². The first-order valence-corrected chi connectivity index (χ1v) is 20.3. The average Bonchev–Trinajstić information content (AvgIpc) is 4.01. The zero-order valence-electron chi connectivity index (χ0n) is 33.4. The third-order valence-electron chi connectivity index (χ3n) is 10.7. The summed E-state index contributed by atoms with van der Waals surface area (Å²) in [6.45, 7) is 6.59. The highest BCUT2D eigenvalue weighted by atomic mass is 16.5. The van der Waals surface area contributed by atoms with Crippen LogP contribution in [0.1, 0.15) is 82.8 Å². The van der Waals surface area contributed by atoms with Crippen molar-refractivity contribution in [2.75, 3.05) is 31.7 Å². The number of hydrogen-bond donors (Lipinski definition) is 3. The monoisotopic (exact) mass is 782 g/mol. The third kappa shape index (κ3) is 9.51. The fourth-order valence-electron chi connectivity index (χ4n) is 7.72. The second-order valence-electron chi connectivity index (χ2n) is 15.3. The van der Waals surface area contributed by atoms with Crippen molar-refractivity contribution < 1.29 is 23.9 Å². The number of rotatable bonds is 16. The van der Waals surface area contributed by atoms with Crippen molar-refractivity contribution in [1.82, 2.24) is 24.8 Å². The molecule has 7 rings (SSSR count). The lowest BCUT2D eigenvalue weighted by molar-refractivity contribution is -0.617. The molecular formula is C46H52N7O5+. The van der Waals surface area contributed by atoms with Gasteiger partial charge in [0.05, 0.1) is 30.6 Å². The summed E-state index contributed by atoms with van der Waals surface area (Å²) in [4.78, 5) is 68.6. The van der Waals surface area contributed by atoms with Gasteiger partial charge >= 0.3 is 11.9 Å². The number of hydrogen-bond acceptors (Lipinski definition) is 6. The molecule has 0 spiro atoms. The molecule has 300 valence electrons. The van der Waals surface area contributed by atoms with E-state index in [2.05, 4.69) is 33.5 Å². The molecule has 2 atom stereocenters. The van der Waals surface area contributed by atoms with E-state index >= 15 is 0 Å². The maximum absolute atomic E-state index is 14.1. The summed E-state index contributed by atoms with van der Waals surface area (Å²) < 4.78 is 6.32. The predicted molar refractivity (Wildman–Crippen MR) is 225 cm³/mol. The molecule has 0 radical (unpaired) electrons. The van der Waals surface area contributed by atoms with Crippen LogP contribution in [-0.4, -0.2) is 79.7 Å². The molecule has 1 aliphatic carbocycles. The number of nitrogens with zero attached hydrogens (tertiary/aromatic N) is 4. The van der Waals surface area contributed by atoms with Crippen LogP contribution >= 0.6 is 0 Å². The lowest BCUT2D eigenvalue weighted by Crippen LogP contribution is -2.39. The third-order valence-corrected chi connectivity index (χ3v) is 10.7. The lowest BCUT2D eigenvalue weighted by Gasteiger charge is -2.24. The van der Waals surface area contributed by atoms with Crippen LogP contribution < -0.4 is 5.32 Å². The van der Waals surface area contributed by atoms with Gasteiger partial charge in [0.1, 0.15) is 5.82 Å². The topological polar surface area (TPSA) is 144 Å². The Bertz CT molecular complexity index is 2310. The first kappa shape index (κ1) is 40.1. The highest BCUT2D eigenvalue weighted by Crippen LogP contribution is 2.36. The molecule has 0 bridgehead atoms. The molecule has 1 fully saturated rings. The summed E-state index contributed by atoms with van der Waals surface area (Å²) >= 11 is 0. The number of H-pyrrole nitrogens is 2. The molecule has 58 heavy (non-hydrogen) atoms. The van der Waals surface area contributed by atoms with Gasteiger partial charge in [0.25, 0.3) is 6.73 Å². The van der Waals surface area contributed by atoms with Crippen LogP contribution in [0.3, 0.4) is 0 Å². The van der Waals surface area contributed by atoms with Gasteiger partial charge in [-0.1, -0.05) is 79.3 Å². The zero-order chi connectivity index (χ0) is 40.6. The predicted octanol–water partition coefficient (Wildman–Crippen LogP) is 8.63. The van der Waals surface area contributed by atoms with Gasteiger partial charge in [-0.2, -0.15) is 0 Å². The Labute approximate surface area is 338 Å². The summed E-state index contributed by atoms with van der Waals surface area (Å²) in [7, 11) is 0. The molecule has 2 aliphatic rings.